The summed E-state index contributed by atoms with van der Waals surface area (Å²) in [4.78, 5) is 0. The molecule has 0 aliphatic heterocycles. The minimum Gasteiger partial charge on any atom is -0.0929 e. The Morgan fingerprint density at radius 1 is 0.737 bits per heavy atom. The summed E-state index contributed by atoms with van der Waals surface area (Å²) >= 11 is 5.11. The number of hydrogen-bond donors (Lipinski definition) is 0. The molecule has 0 amide bonds. The smallest absolute Gasteiger partial charge is 0.00130 e. The van der Waals surface area contributed by atoms with Crippen LogP contribution in [0.15, 0.2) is 0 Å². The summed E-state index contributed by atoms with van der Waals surface area (Å²) in [6, 6.07) is 0. The highest BCUT2D eigenvalue weighted by molar-refractivity contribution is 7.79. The summed E-state index contributed by atoms with van der Waals surface area (Å²) in [5.74, 6) is 0. The predicted octanol–water partition coefficient (Wildman–Crippen LogP) is 6.86. The van der Waals surface area contributed by atoms with E-state index in [1.807, 2.05) is 5.37 Å². The van der Waals surface area contributed by atoms with E-state index in [0.717, 1.165) is 0 Å². The van der Waals surface area contributed by atoms with Crippen molar-refractivity contribution in [3.8, 4) is 0 Å². The van der Waals surface area contributed by atoms with Crippen LogP contribution in [0.25, 0.3) is 0 Å². The van der Waals surface area contributed by atoms with Crippen LogP contribution in [0.2, 0.25) is 0 Å². The standard InChI is InChI=1S/C18H34S/c1-2-3-4-5-6-7-8-9-10-11-12-13-14-18(17-19)15-16-18/h17H,2-16H2,1H3. The molecule has 0 nitrogen and oxygen atoms in total. The average Bonchev–Trinajstić information content (AvgIpc) is 3.21. The second-order valence-electron chi connectivity index (χ2n) is 6.62. The molecule has 19 heavy (non-hydrogen) atoms. The van der Waals surface area contributed by atoms with Crippen molar-refractivity contribution in [1.82, 2.24) is 0 Å². The van der Waals surface area contributed by atoms with Crippen molar-refractivity contribution in [3.63, 3.8) is 0 Å². The van der Waals surface area contributed by atoms with E-state index in [9.17, 15) is 0 Å². The molecule has 1 aliphatic rings. The molecule has 0 aromatic carbocycles. The Morgan fingerprint density at radius 2 is 1.16 bits per heavy atom. The number of hydrogen-bond acceptors (Lipinski definition) is 1. The van der Waals surface area contributed by atoms with Crippen LogP contribution in [0, 0.1) is 5.41 Å². The fourth-order valence-electron chi connectivity index (χ4n) is 2.91. The Bertz CT molecular complexity index is 218. The van der Waals surface area contributed by atoms with E-state index in [2.05, 4.69) is 6.92 Å². The Hall–Kier alpha value is 0.0900. The molecule has 0 heterocycles. The zero-order valence-corrected chi connectivity index (χ0v) is 13.9. The van der Waals surface area contributed by atoms with Crippen LogP contribution >= 0.6 is 12.2 Å². The second-order valence-corrected chi connectivity index (χ2v) is 6.86. The molecular formula is C18H34S. The molecule has 1 rings (SSSR count). The Morgan fingerprint density at radius 3 is 1.53 bits per heavy atom. The second kappa shape index (κ2) is 10.8. The summed E-state index contributed by atoms with van der Waals surface area (Å²) in [7, 11) is 0. The summed E-state index contributed by atoms with van der Waals surface area (Å²) < 4.78 is 0. The molecule has 0 radical (unpaired) electrons. The highest BCUT2D eigenvalue weighted by Gasteiger charge is 2.39. The van der Waals surface area contributed by atoms with Gasteiger partial charge in [-0.15, -0.1) is 0 Å². The fraction of sp³-hybridized carbons (Fsp3) is 0.944. The van der Waals surface area contributed by atoms with E-state index < -0.39 is 0 Å². The maximum atomic E-state index is 5.11. The predicted molar refractivity (Wildman–Crippen MR) is 91.0 cm³/mol. The van der Waals surface area contributed by atoms with Gasteiger partial charge in [0.15, 0.2) is 0 Å². The fourth-order valence-corrected chi connectivity index (χ4v) is 3.26. The highest BCUT2D eigenvalue weighted by atomic mass is 32.1. The van der Waals surface area contributed by atoms with Gasteiger partial charge in [-0.3, -0.25) is 0 Å². The van der Waals surface area contributed by atoms with Crippen LogP contribution in [-0.4, -0.2) is 5.37 Å². The zero-order valence-electron chi connectivity index (χ0n) is 13.1. The first-order valence-corrected chi connectivity index (χ1v) is 9.26. The van der Waals surface area contributed by atoms with Gasteiger partial charge < -0.3 is 0 Å². The van der Waals surface area contributed by atoms with E-state index in [1.165, 1.54) is 96.3 Å². The number of thiocarbonyl (C=S) groups is 1. The Balaban J connectivity index is 1.71. The monoisotopic (exact) mass is 282 g/mol. The lowest BCUT2D eigenvalue weighted by Gasteiger charge is -2.07. The summed E-state index contributed by atoms with van der Waals surface area (Å²) in [5.41, 5.74) is 0.522. The van der Waals surface area contributed by atoms with Crippen molar-refractivity contribution in [2.45, 2.75) is 103 Å². The first kappa shape index (κ1) is 17.1. The van der Waals surface area contributed by atoms with Gasteiger partial charge in [0.05, 0.1) is 0 Å². The quantitative estimate of drug-likeness (QED) is 0.248. The lowest BCUT2D eigenvalue weighted by Crippen LogP contribution is -1.99. The number of unbranched alkanes of at least 4 members (excludes halogenated alkanes) is 11. The molecule has 1 fully saturated rings. The molecule has 112 valence electrons. The topological polar surface area (TPSA) is 0 Å². The van der Waals surface area contributed by atoms with E-state index >= 15 is 0 Å². The molecule has 0 aromatic rings. The van der Waals surface area contributed by atoms with Crippen molar-refractivity contribution >= 4 is 17.6 Å². The van der Waals surface area contributed by atoms with E-state index in [1.54, 1.807) is 0 Å². The molecule has 0 bridgehead atoms. The third-order valence-electron chi connectivity index (χ3n) is 4.67. The normalized spacial score (nSPS) is 16.5. The van der Waals surface area contributed by atoms with Gasteiger partial charge in [0.25, 0.3) is 0 Å². The molecular weight excluding hydrogens is 248 g/mol. The lowest BCUT2D eigenvalue weighted by atomic mass is 9.99. The van der Waals surface area contributed by atoms with Crippen molar-refractivity contribution < 1.29 is 0 Å². The molecule has 0 N–H and O–H groups in total. The van der Waals surface area contributed by atoms with Crippen LogP contribution in [-0.2, 0) is 0 Å². The van der Waals surface area contributed by atoms with E-state index in [-0.39, 0.29) is 0 Å². The molecule has 0 spiro atoms. The maximum absolute atomic E-state index is 5.11. The SMILES string of the molecule is CCCCCCCCCCCCCCC1(C=S)CC1. The van der Waals surface area contributed by atoms with Crippen LogP contribution in [0.4, 0.5) is 0 Å². The van der Waals surface area contributed by atoms with Gasteiger partial charge in [0.1, 0.15) is 0 Å². The van der Waals surface area contributed by atoms with Crippen LogP contribution < -0.4 is 0 Å². The van der Waals surface area contributed by atoms with Gasteiger partial charge in [-0.05, 0) is 30.0 Å². The minimum absolute atomic E-state index is 0.522. The lowest BCUT2D eigenvalue weighted by molar-refractivity contribution is 0.518. The molecule has 1 saturated carbocycles. The molecule has 0 unspecified atom stereocenters. The summed E-state index contributed by atoms with van der Waals surface area (Å²) in [5, 5.41) is 2.05. The van der Waals surface area contributed by atoms with Gasteiger partial charge in [-0.1, -0.05) is 96.2 Å². The van der Waals surface area contributed by atoms with E-state index in [4.69, 9.17) is 12.2 Å². The van der Waals surface area contributed by atoms with Gasteiger partial charge in [-0.25, -0.2) is 0 Å². The third kappa shape index (κ3) is 8.78. The molecule has 0 atom stereocenters. The van der Waals surface area contributed by atoms with E-state index in [0.29, 0.717) is 5.41 Å². The Kier molecular flexibility index (Phi) is 9.77. The molecule has 1 aliphatic carbocycles. The van der Waals surface area contributed by atoms with Gasteiger partial charge in [0.2, 0.25) is 0 Å². The molecule has 0 saturated heterocycles. The highest BCUT2D eigenvalue weighted by Crippen LogP contribution is 2.48. The minimum atomic E-state index is 0.522. The van der Waals surface area contributed by atoms with Gasteiger partial charge >= 0.3 is 0 Å². The maximum Gasteiger partial charge on any atom is -0.00130 e. The van der Waals surface area contributed by atoms with Crippen molar-refractivity contribution in [2.75, 3.05) is 0 Å². The molecule has 1 heteroatoms. The largest absolute Gasteiger partial charge is 0.0929 e. The average molecular weight is 283 g/mol. The first-order chi connectivity index (χ1) is 9.33. The first-order valence-electron chi connectivity index (χ1n) is 8.79. The van der Waals surface area contributed by atoms with Crippen molar-refractivity contribution in [1.29, 1.82) is 0 Å². The van der Waals surface area contributed by atoms with Crippen molar-refractivity contribution in [2.24, 2.45) is 5.41 Å². The van der Waals surface area contributed by atoms with Gasteiger partial charge in [0, 0.05) is 0 Å². The van der Waals surface area contributed by atoms with Crippen LogP contribution in [0.5, 0.6) is 0 Å². The summed E-state index contributed by atoms with van der Waals surface area (Å²) in [6.45, 7) is 2.29. The molecule has 0 aromatic heterocycles. The van der Waals surface area contributed by atoms with Crippen LogP contribution in [0.3, 0.4) is 0 Å². The summed E-state index contributed by atoms with van der Waals surface area (Å²) in [6.07, 6.45) is 21.4. The Labute approximate surface area is 126 Å². The zero-order chi connectivity index (χ0) is 13.8. The van der Waals surface area contributed by atoms with Crippen molar-refractivity contribution in [3.05, 3.63) is 0 Å². The van der Waals surface area contributed by atoms with Crippen LogP contribution in [0.1, 0.15) is 103 Å². The van der Waals surface area contributed by atoms with Gasteiger partial charge in [-0.2, -0.15) is 0 Å². The third-order valence-corrected chi connectivity index (χ3v) is 5.17. The number of rotatable bonds is 14.